The molecule has 1 rings (SSSR count). The van der Waals surface area contributed by atoms with Gasteiger partial charge in [0.05, 0.1) is 5.38 Å². The van der Waals surface area contributed by atoms with Crippen LogP contribution in [0.25, 0.3) is 0 Å². The highest BCUT2D eigenvalue weighted by Crippen LogP contribution is 1.83. The van der Waals surface area contributed by atoms with Crippen LogP contribution < -0.4 is 4.48 Å². The standard InChI is InChI=1S/C3H6BNS/c4-5-1-2-6-3-5/h1-3H,4H3. The fourth-order valence-corrected chi connectivity index (χ4v) is 0.527. The van der Waals surface area contributed by atoms with Crippen molar-refractivity contribution in [1.29, 1.82) is 0 Å². The number of rotatable bonds is 0. The van der Waals surface area contributed by atoms with Crippen LogP contribution >= 0.6 is 11.3 Å². The van der Waals surface area contributed by atoms with Crippen molar-refractivity contribution < 1.29 is 4.48 Å². The Bertz CT molecular complexity index is 114. The zero-order valence-corrected chi connectivity index (χ0v) is 3.40. The van der Waals surface area contributed by atoms with Crippen LogP contribution in [0, 0.1) is 0 Å². The Labute approximate surface area is 41.7 Å². The summed E-state index contributed by atoms with van der Waals surface area (Å²) in [7, 11) is 0.413. The third-order valence-corrected chi connectivity index (χ3v) is 0.869. The molecule has 0 aliphatic heterocycles. The molecule has 32 valence electrons. The lowest BCUT2D eigenvalue weighted by Crippen LogP contribution is -2.25. The maximum Gasteiger partial charge on any atom is 0.240 e. The van der Waals surface area contributed by atoms with E-state index in [9.17, 15) is 0 Å². The lowest BCUT2D eigenvalue weighted by atomic mass is 10.4. The Hall–Kier alpha value is -0.305. The topological polar surface area (TPSA) is 3.88 Å². The zero-order valence-electron chi connectivity index (χ0n) is 2.59. The molecule has 1 nitrogen and oxygen atoms in total. The lowest BCUT2D eigenvalue weighted by Gasteiger charge is -1.75. The molecule has 0 radical (unpaired) electrons. The van der Waals surface area contributed by atoms with E-state index < -0.39 is 0 Å². The van der Waals surface area contributed by atoms with Gasteiger partial charge in [-0.15, -0.1) is 0 Å². The summed E-state index contributed by atoms with van der Waals surface area (Å²) in [6, 6.07) is 0. The van der Waals surface area contributed by atoms with Crippen LogP contribution in [0.5, 0.6) is 0 Å². The van der Waals surface area contributed by atoms with Crippen LogP contribution in [0.4, 0.5) is 0 Å². The molecule has 0 saturated carbocycles. The van der Waals surface area contributed by atoms with Crippen molar-refractivity contribution in [2.75, 3.05) is 0 Å². The molecule has 0 bridgehead atoms. The van der Waals surface area contributed by atoms with Crippen molar-refractivity contribution in [3.8, 4) is 0 Å². The molecule has 0 unspecified atom stereocenters. The maximum absolute atomic E-state index is 2.27. The van der Waals surface area contributed by atoms with E-state index in [0.29, 0.717) is 7.98 Å². The molecule has 1 aromatic rings. The zero-order chi connectivity index (χ0) is 4.41. The fraction of sp³-hybridized carbons (Fsp3) is 0. The van der Waals surface area contributed by atoms with Gasteiger partial charge in [0.15, 0.2) is 5.51 Å². The first kappa shape index (κ1) is 3.87. The van der Waals surface area contributed by atoms with Crippen LogP contribution in [0.3, 0.4) is 0 Å². The summed E-state index contributed by atoms with van der Waals surface area (Å²) in [6.07, 6.45) is 2.13. The molecular weight excluding hydrogens is 92.9 g/mol. The Morgan fingerprint density at radius 3 is 2.67 bits per heavy atom. The van der Waals surface area contributed by atoms with Crippen LogP contribution in [-0.2, 0) is 0 Å². The molecule has 0 aliphatic rings. The van der Waals surface area contributed by atoms with Gasteiger partial charge in [-0.05, 0) is 0 Å². The molecule has 0 aromatic carbocycles. The minimum Gasteiger partial charge on any atom is -0.425 e. The summed E-state index contributed by atoms with van der Waals surface area (Å²) in [5.41, 5.74) is 2.15. The van der Waals surface area contributed by atoms with Crippen molar-refractivity contribution in [1.82, 2.24) is 0 Å². The second-order valence-corrected chi connectivity index (χ2v) is 1.43. The highest BCUT2D eigenvalue weighted by Gasteiger charge is 1.75. The van der Waals surface area contributed by atoms with Crippen LogP contribution in [0.15, 0.2) is 17.1 Å². The van der Waals surface area contributed by atoms with E-state index in [1.165, 1.54) is 0 Å². The molecule has 0 aliphatic carbocycles. The van der Waals surface area contributed by atoms with Gasteiger partial charge in [-0.25, -0.2) is 0 Å². The van der Waals surface area contributed by atoms with Gasteiger partial charge in [0.25, 0.3) is 0 Å². The van der Waals surface area contributed by atoms with Crippen molar-refractivity contribution in [3.63, 3.8) is 0 Å². The van der Waals surface area contributed by atoms with Gasteiger partial charge < -0.3 is 4.48 Å². The quantitative estimate of drug-likeness (QED) is 0.373. The van der Waals surface area contributed by atoms with Crippen LogP contribution in [0.1, 0.15) is 0 Å². The van der Waals surface area contributed by atoms with Crippen LogP contribution in [0.2, 0.25) is 0 Å². The number of hydrogen-bond donors (Lipinski definition) is 0. The Morgan fingerprint density at radius 2 is 2.50 bits per heavy atom. The molecule has 3 heteroatoms. The minimum atomic E-state index is 0.413. The normalized spacial score (nSPS) is 8.83. The minimum absolute atomic E-state index is 0.413. The first-order valence-corrected chi connectivity index (χ1v) is 2.26. The van der Waals surface area contributed by atoms with Gasteiger partial charge in [-0.2, -0.15) is 0 Å². The van der Waals surface area contributed by atoms with Gasteiger partial charge >= 0.3 is 0 Å². The van der Waals surface area contributed by atoms with Gasteiger partial charge in [-0.1, -0.05) is 11.3 Å². The Balaban J connectivity index is 3.05. The highest BCUT2D eigenvalue weighted by molar-refractivity contribution is 7.07. The SMILES string of the molecule is [BH3-][n+]1ccsc1. The molecule has 0 saturated heterocycles. The largest absolute Gasteiger partial charge is 0.425 e. The third-order valence-electron chi connectivity index (χ3n) is 0.347. The van der Waals surface area contributed by atoms with Gasteiger partial charge in [-0.3, -0.25) is 0 Å². The van der Waals surface area contributed by atoms with E-state index in [0.717, 1.165) is 0 Å². The third kappa shape index (κ3) is 0.599. The summed E-state index contributed by atoms with van der Waals surface area (Å²) < 4.78 is 2.27. The van der Waals surface area contributed by atoms with E-state index in [4.69, 9.17) is 0 Å². The number of hydrogen-bond acceptors (Lipinski definition) is 1. The average Bonchev–Trinajstić information content (AvgIpc) is 1.86. The van der Waals surface area contributed by atoms with Gasteiger partial charge in [0.2, 0.25) is 7.98 Å². The molecule has 6 heavy (non-hydrogen) atoms. The fourth-order valence-electron chi connectivity index (χ4n) is 0.176. The number of aromatic nitrogens is 1. The van der Waals surface area contributed by atoms with Crippen LogP contribution in [-0.4, -0.2) is 7.98 Å². The maximum atomic E-state index is 2.27. The van der Waals surface area contributed by atoms with E-state index in [-0.39, 0.29) is 0 Å². The van der Waals surface area contributed by atoms with Crippen molar-refractivity contribution >= 4 is 19.3 Å². The summed E-state index contributed by atoms with van der Waals surface area (Å²) in [5.74, 6) is 0. The molecule has 0 fully saturated rings. The van der Waals surface area contributed by atoms with Crippen molar-refractivity contribution in [2.24, 2.45) is 0 Å². The second-order valence-electron chi connectivity index (χ2n) is 0.676. The molecular formula is C3H6BNS. The molecule has 0 amide bonds. The number of thiazole rings is 1. The van der Waals surface area contributed by atoms with E-state index in [1.54, 1.807) is 11.3 Å². The van der Waals surface area contributed by atoms with E-state index in [1.807, 2.05) is 0 Å². The number of nitrogens with zero attached hydrogens (tertiary/aromatic N) is 1. The van der Waals surface area contributed by atoms with E-state index >= 15 is 0 Å². The Kier molecular flexibility index (Phi) is 0.923. The average molecular weight is 99.0 g/mol. The highest BCUT2D eigenvalue weighted by atomic mass is 32.1. The molecule has 1 heterocycles. The first-order chi connectivity index (χ1) is 2.89. The molecule has 1 aromatic heterocycles. The summed E-state index contributed by atoms with van der Waals surface area (Å²) >= 11 is 1.77. The lowest BCUT2D eigenvalue weighted by molar-refractivity contribution is -0.515. The molecule has 0 atom stereocenters. The van der Waals surface area contributed by atoms with Crippen molar-refractivity contribution in [3.05, 3.63) is 17.1 Å². The van der Waals surface area contributed by atoms with Crippen molar-refractivity contribution in [2.45, 2.75) is 0 Å². The van der Waals surface area contributed by atoms with E-state index in [2.05, 4.69) is 21.6 Å². The van der Waals surface area contributed by atoms with Gasteiger partial charge in [0.1, 0.15) is 6.20 Å². The monoisotopic (exact) mass is 99.0 g/mol. The molecule has 0 N–H and O–H groups in total. The summed E-state index contributed by atoms with van der Waals surface area (Å²) in [5, 5.41) is 2.10. The first-order valence-electron chi connectivity index (χ1n) is 1.32. The predicted molar refractivity (Wildman–Crippen MR) is 29.9 cm³/mol. The van der Waals surface area contributed by atoms with Gasteiger partial charge in [0, 0.05) is 0 Å². The molecule has 0 spiro atoms. The predicted octanol–water partition coefficient (Wildman–Crippen LogP) is -0.836. The summed E-state index contributed by atoms with van der Waals surface area (Å²) in [4.78, 5) is 0. The smallest absolute Gasteiger partial charge is 0.240 e. The second kappa shape index (κ2) is 1.43. The summed E-state index contributed by atoms with van der Waals surface area (Å²) in [6.45, 7) is 0. The Morgan fingerprint density at radius 1 is 1.67 bits per heavy atom.